The second-order valence-corrected chi connectivity index (χ2v) is 7.66. The zero-order valence-electron chi connectivity index (χ0n) is 10.5. The van der Waals surface area contributed by atoms with Gasteiger partial charge in [-0.25, -0.2) is 8.42 Å². The summed E-state index contributed by atoms with van der Waals surface area (Å²) in [6.07, 6.45) is 0.113. The smallest absolute Gasteiger partial charge is 0.150 e. The molecular weight excluding hydrogens is 286 g/mol. The number of sulfone groups is 1. The zero-order chi connectivity index (χ0) is 13.9. The van der Waals surface area contributed by atoms with Crippen molar-refractivity contribution in [2.75, 3.05) is 24.6 Å². The molecule has 0 radical (unpaired) electrons. The summed E-state index contributed by atoms with van der Waals surface area (Å²) in [5, 5.41) is 13.7. The first-order valence-corrected chi connectivity index (χ1v) is 8.51. The lowest BCUT2D eigenvalue weighted by molar-refractivity contribution is 0.173. The molecule has 0 saturated carbocycles. The number of aliphatic hydroxyl groups is 1. The van der Waals surface area contributed by atoms with Gasteiger partial charge in [0.25, 0.3) is 0 Å². The van der Waals surface area contributed by atoms with Crippen molar-refractivity contribution in [1.82, 2.24) is 5.32 Å². The highest BCUT2D eigenvalue weighted by Crippen LogP contribution is 2.18. The van der Waals surface area contributed by atoms with Crippen LogP contribution in [0.5, 0.6) is 0 Å². The number of halogens is 1. The van der Waals surface area contributed by atoms with E-state index in [4.69, 9.17) is 11.6 Å². The van der Waals surface area contributed by atoms with Crippen LogP contribution >= 0.6 is 11.6 Å². The second kappa shape index (κ2) is 6.22. The minimum Gasteiger partial charge on any atom is -0.387 e. The molecule has 2 unspecified atom stereocenters. The third-order valence-corrected chi connectivity index (χ3v) is 5.44. The highest BCUT2D eigenvalue weighted by molar-refractivity contribution is 7.91. The average Bonchev–Trinajstić information content (AvgIpc) is 2.69. The van der Waals surface area contributed by atoms with Gasteiger partial charge in [0, 0.05) is 11.6 Å². The van der Waals surface area contributed by atoms with Crippen LogP contribution in [-0.2, 0) is 9.84 Å². The summed E-state index contributed by atoms with van der Waals surface area (Å²) >= 11 is 5.78. The standard InChI is InChI=1S/C13H18ClNO3S/c14-12-3-1-11(2-4-12)13(16)8-15-7-10-5-6-19(17,18)9-10/h1-4,10,13,15-16H,5-9H2. The first-order valence-electron chi connectivity index (χ1n) is 6.31. The van der Waals surface area contributed by atoms with Crippen molar-refractivity contribution in [1.29, 1.82) is 0 Å². The lowest BCUT2D eigenvalue weighted by Gasteiger charge is -2.14. The first-order chi connectivity index (χ1) is 8.96. The van der Waals surface area contributed by atoms with E-state index in [9.17, 15) is 13.5 Å². The van der Waals surface area contributed by atoms with Gasteiger partial charge >= 0.3 is 0 Å². The van der Waals surface area contributed by atoms with Crippen molar-refractivity contribution < 1.29 is 13.5 Å². The number of rotatable bonds is 5. The summed E-state index contributed by atoms with van der Waals surface area (Å²) in [4.78, 5) is 0. The molecule has 0 aliphatic carbocycles. The third-order valence-electron chi connectivity index (χ3n) is 3.35. The van der Waals surface area contributed by atoms with Crippen molar-refractivity contribution in [2.45, 2.75) is 12.5 Å². The highest BCUT2D eigenvalue weighted by atomic mass is 35.5. The molecule has 106 valence electrons. The quantitative estimate of drug-likeness (QED) is 0.863. The Morgan fingerprint density at radius 3 is 2.63 bits per heavy atom. The Bertz CT molecular complexity index is 515. The third kappa shape index (κ3) is 4.45. The average molecular weight is 304 g/mol. The molecule has 1 aromatic carbocycles. The maximum Gasteiger partial charge on any atom is 0.150 e. The van der Waals surface area contributed by atoms with Gasteiger partial charge in [0.2, 0.25) is 0 Å². The van der Waals surface area contributed by atoms with Crippen LogP contribution in [0, 0.1) is 5.92 Å². The SMILES string of the molecule is O=S1(=O)CCC(CNCC(O)c2ccc(Cl)cc2)C1. The zero-order valence-corrected chi connectivity index (χ0v) is 12.1. The maximum absolute atomic E-state index is 11.3. The van der Waals surface area contributed by atoms with Gasteiger partial charge in [-0.1, -0.05) is 23.7 Å². The summed E-state index contributed by atoms with van der Waals surface area (Å²) in [7, 11) is -2.82. The van der Waals surface area contributed by atoms with Crippen LogP contribution in [0.25, 0.3) is 0 Å². The van der Waals surface area contributed by atoms with Gasteiger partial charge in [0.05, 0.1) is 17.6 Å². The van der Waals surface area contributed by atoms with Crippen LogP contribution in [0.3, 0.4) is 0 Å². The van der Waals surface area contributed by atoms with Gasteiger partial charge in [-0.2, -0.15) is 0 Å². The number of aliphatic hydroxyl groups excluding tert-OH is 1. The van der Waals surface area contributed by atoms with Crippen LogP contribution in [0.4, 0.5) is 0 Å². The van der Waals surface area contributed by atoms with E-state index in [1.54, 1.807) is 24.3 Å². The number of hydrogen-bond acceptors (Lipinski definition) is 4. The van der Waals surface area contributed by atoms with Crippen LogP contribution in [0.15, 0.2) is 24.3 Å². The van der Waals surface area contributed by atoms with Gasteiger partial charge in [0.15, 0.2) is 9.84 Å². The fourth-order valence-corrected chi connectivity index (χ4v) is 4.25. The van der Waals surface area contributed by atoms with E-state index in [0.29, 0.717) is 30.3 Å². The minimum absolute atomic E-state index is 0.169. The van der Waals surface area contributed by atoms with Crippen LogP contribution in [-0.4, -0.2) is 38.1 Å². The molecule has 1 fully saturated rings. The molecule has 2 rings (SSSR count). The predicted octanol–water partition coefficient (Wildman–Crippen LogP) is 1.40. The van der Waals surface area contributed by atoms with Gasteiger partial charge < -0.3 is 10.4 Å². The molecule has 2 N–H and O–H groups in total. The number of nitrogens with one attached hydrogen (secondary N) is 1. The first kappa shape index (κ1) is 14.8. The fraction of sp³-hybridized carbons (Fsp3) is 0.538. The Balaban J connectivity index is 1.75. The highest BCUT2D eigenvalue weighted by Gasteiger charge is 2.27. The van der Waals surface area contributed by atoms with Crippen molar-refractivity contribution in [3.63, 3.8) is 0 Å². The Hall–Kier alpha value is -0.620. The van der Waals surface area contributed by atoms with Gasteiger partial charge in [-0.05, 0) is 36.6 Å². The molecule has 0 amide bonds. The molecule has 0 spiro atoms. The monoisotopic (exact) mass is 303 g/mol. The molecule has 2 atom stereocenters. The Kier molecular flexibility index (Phi) is 4.84. The Labute approximate surface area is 118 Å². The van der Waals surface area contributed by atoms with Gasteiger partial charge in [-0.3, -0.25) is 0 Å². The molecule has 0 aromatic heterocycles. The summed E-state index contributed by atoms with van der Waals surface area (Å²) in [5.41, 5.74) is 0.802. The lowest BCUT2D eigenvalue weighted by Crippen LogP contribution is -2.28. The van der Waals surface area contributed by atoms with Crippen molar-refractivity contribution in [2.24, 2.45) is 5.92 Å². The predicted molar refractivity (Wildman–Crippen MR) is 76.0 cm³/mol. The van der Waals surface area contributed by atoms with Crippen molar-refractivity contribution in [3.8, 4) is 0 Å². The Morgan fingerprint density at radius 1 is 1.37 bits per heavy atom. The summed E-state index contributed by atoms with van der Waals surface area (Å²) in [6.45, 7) is 1.04. The van der Waals surface area contributed by atoms with E-state index in [0.717, 1.165) is 5.56 Å². The topological polar surface area (TPSA) is 66.4 Å². The molecule has 19 heavy (non-hydrogen) atoms. The Morgan fingerprint density at radius 2 is 2.05 bits per heavy atom. The molecule has 1 aliphatic heterocycles. The molecule has 6 heteroatoms. The molecule has 4 nitrogen and oxygen atoms in total. The molecule has 1 heterocycles. The summed E-state index contributed by atoms with van der Waals surface area (Å²) in [6, 6.07) is 7.05. The van der Waals surface area contributed by atoms with E-state index in [1.165, 1.54) is 0 Å². The van der Waals surface area contributed by atoms with Crippen molar-refractivity contribution in [3.05, 3.63) is 34.9 Å². The molecular formula is C13H18ClNO3S. The van der Waals surface area contributed by atoms with E-state index < -0.39 is 15.9 Å². The minimum atomic E-state index is -2.82. The lowest BCUT2D eigenvalue weighted by atomic mass is 10.1. The van der Waals surface area contributed by atoms with E-state index in [-0.39, 0.29) is 11.7 Å². The summed E-state index contributed by atoms with van der Waals surface area (Å²) < 4.78 is 22.6. The van der Waals surface area contributed by atoms with Crippen molar-refractivity contribution >= 4 is 21.4 Å². The van der Waals surface area contributed by atoms with E-state index >= 15 is 0 Å². The van der Waals surface area contributed by atoms with Gasteiger partial charge in [-0.15, -0.1) is 0 Å². The molecule has 1 saturated heterocycles. The summed E-state index contributed by atoms with van der Waals surface area (Å²) in [5.74, 6) is 0.721. The normalized spacial score (nSPS) is 23.4. The molecule has 1 aliphatic rings. The maximum atomic E-state index is 11.3. The second-order valence-electron chi connectivity index (χ2n) is 4.99. The van der Waals surface area contributed by atoms with Gasteiger partial charge in [0.1, 0.15) is 0 Å². The van der Waals surface area contributed by atoms with Crippen LogP contribution in [0.1, 0.15) is 18.1 Å². The van der Waals surface area contributed by atoms with Crippen LogP contribution < -0.4 is 5.32 Å². The molecule has 1 aromatic rings. The van der Waals surface area contributed by atoms with E-state index in [2.05, 4.69) is 5.32 Å². The van der Waals surface area contributed by atoms with Crippen LogP contribution in [0.2, 0.25) is 5.02 Å². The number of hydrogen-bond donors (Lipinski definition) is 2. The number of benzene rings is 1. The van der Waals surface area contributed by atoms with E-state index in [1.807, 2.05) is 0 Å². The molecule has 0 bridgehead atoms. The largest absolute Gasteiger partial charge is 0.387 e. The fourth-order valence-electron chi connectivity index (χ4n) is 2.26.